The van der Waals surface area contributed by atoms with Crippen molar-refractivity contribution < 1.29 is 9.15 Å². The lowest BCUT2D eigenvalue weighted by Gasteiger charge is -2.25. The van der Waals surface area contributed by atoms with Crippen LogP contribution in [0.2, 0.25) is 0 Å². The third kappa shape index (κ3) is 5.45. The molecule has 1 saturated heterocycles. The number of morpholine rings is 1. The Bertz CT molecular complexity index is 626. The topological polar surface area (TPSA) is 25.6 Å². The van der Waals surface area contributed by atoms with E-state index in [0.29, 0.717) is 5.76 Å². The largest absolute Gasteiger partial charge is 0.451 e. The summed E-state index contributed by atoms with van der Waals surface area (Å²) in [7, 11) is 0. The summed E-state index contributed by atoms with van der Waals surface area (Å²) in [4.78, 5) is 2.32. The second kappa shape index (κ2) is 7.90. The van der Waals surface area contributed by atoms with Crippen LogP contribution < -0.4 is 0 Å². The highest BCUT2D eigenvalue weighted by Crippen LogP contribution is 2.14. The van der Waals surface area contributed by atoms with Crippen molar-refractivity contribution in [3.63, 3.8) is 0 Å². The van der Waals surface area contributed by atoms with Crippen molar-refractivity contribution >= 4 is 0 Å². The molecule has 1 aromatic heterocycles. The fraction of sp³-hybridized carbons (Fsp3) is 0.474. The highest BCUT2D eigenvalue weighted by molar-refractivity contribution is 5.37. The Balaban J connectivity index is 1.92. The van der Waals surface area contributed by atoms with Crippen molar-refractivity contribution in [3.8, 4) is 23.7 Å². The zero-order valence-electron chi connectivity index (χ0n) is 13.6. The second-order valence-electron chi connectivity index (χ2n) is 5.88. The van der Waals surface area contributed by atoms with E-state index in [-0.39, 0.29) is 5.41 Å². The van der Waals surface area contributed by atoms with Gasteiger partial charge in [0.05, 0.1) is 19.8 Å². The van der Waals surface area contributed by atoms with E-state index in [9.17, 15) is 0 Å². The Morgan fingerprint density at radius 3 is 2.73 bits per heavy atom. The van der Waals surface area contributed by atoms with Gasteiger partial charge < -0.3 is 9.15 Å². The first-order valence-corrected chi connectivity index (χ1v) is 7.65. The molecule has 0 radical (unpaired) electrons. The van der Waals surface area contributed by atoms with Gasteiger partial charge in [-0.3, -0.25) is 4.90 Å². The Labute approximate surface area is 133 Å². The van der Waals surface area contributed by atoms with Gasteiger partial charge in [-0.25, -0.2) is 0 Å². The van der Waals surface area contributed by atoms with Crippen LogP contribution >= 0.6 is 0 Å². The van der Waals surface area contributed by atoms with Crippen molar-refractivity contribution in [1.29, 1.82) is 0 Å². The Morgan fingerprint density at radius 2 is 2.00 bits per heavy atom. The van der Waals surface area contributed by atoms with E-state index in [1.54, 1.807) is 0 Å². The molecular formula is C19H23NO2. The van der Waals surface area contributed by atoms with E-state index >= 15 is 0 Å². The van der Waals surface area contributed by atoms with Gasteiger partial charge in [0, 0.05) is 18.5 Å². The molecule has 0 aromatic carbocycles. The summed E-state index contributed by atoms with van der Waals surface area (Å²) < 4.78 is 11.1. The average molecular weight is 297 g/mol. The summed E-state index contributed by atoms with van der Waals surface area (Å²) in [5.74, 6) is 13.5. The van der Waals surface area contributed by atoms with Crippen LogP contribution in [0.1, 0.15) is 32.3 Å². The number of ether oxygens (including phenoxy) is 1. The minimum absolute atomic E-state index is 0.145. The second-order valence-corrected chi connectivity index (χ2v) is 5.88. The molecule has 3 nitrogen and oxygen atoms in total. The van der Waals surface area contributed by atoms with Crippen LogP contribution in [0.3, 0.4) is 0 Å². The summed E-state index contributed by atoms with van der Waals surface area (Å²) in [6, 6.07) is 3.89. The molecule has 1 aliphatic rings. The first-order chi connectivity index (χ1) is 10.6. The van der Waals surface area contributed by atoms with Crippen molar-refractivity contribution in [2.45, 2.75) is 27.3 Å². The quantitative estimate of drug-likeness (QED) is 0.633. The third-order valence-electron chi connectivity index (χ3n) is 3.36. The Morgan fingerprint density at radius 1 is 1.23 bits per heavy atom. The highest BCUT2D eigenvalue weighted by Gasteiger charge is 2.12. The molecule has 0 N–H and O–H groups in total. The van der Waals surface area contributed by atoms with E-state index in [2.05, 4.69) is 48.5 Å². The summed E-state index contributed by atoms with van der Waals surface area (Å²) in [6.45, 7) is 10.4. The van der Waals surface area contributed by atoms with Crippen molar-refractivity contribution in [1.82, 2.24) is 4.90 Å². The predicted molar refractivity (Wildman–Crippen MR) is 88.1 cm³/mol. The first kappa shape index (κ1) is 16.4. The Kier molecular flexibility index (Phi) is 5.90. The fourth-order valence-electron chi connectivity index (χ4n) is 2.25. The van der Waals surface area contributed by atoms with E-state index in [1.165, 1.54) is 0 Å². The van der Waals surface area contributed by atoms with Crippen LogP contribution in [0.4, 0.5) is 0 Å². The molecule has 1 aromatic rings. The van der Waals surface area contributed by atoms with Crippen LogP contribution in [-0.4, -0.2) is 31.2 Å². The maximum absolute atomic E-state index is 5.73. The van der Waals surface area contributed by atoms with Crippen molar-refractivity contribution in [2.24, 2.45) is 5.41 Å². The lowest BCUT2D eigenvalue weighted by Crippen LogP contribution is -2.35. The molecule has 0 spiro atoms. The lowest BCUT2D eigenvalue weighted by molar-refractivity contribution is 0.0313. The lowest BCUT2D eigenvalue weighted by atomic mass is 9.94. The molecule has 0 amide bonds. The van der Waals surface area contributed by atoms with Gasteiger partial charge in [-0.05, 0) is 50.7 Å². The molecule has 0 aliphatic carbocycles. The highest BCUT2D eigenvalue weighted by atomic mass is 16.5. The predicted octanol–water partition coefficient (Wildman–Crippen LogP) is 3.07. The molecule has 0 bridgehead atoms. The molecule has 22 heavy (non-hydrogen) atoms. The smallest absolute Gasteiger partial charge is 0.178 e. The van der Waals surface area contributed by atoms with Gasteiger partial charge in [0.15, 0.2) is 5.76 Å². The summed E-state index contributed by atoms with van der Waals surface area (Å²) in [6.07, 6.45) is 4.07. The van der Waals surface area contributed by atoms with E-state index in [4.69, 9.17) is 9.15 Å². The maximum atomic E-state index is 5.73. The molecule has 1 aliphatic heterocycles. The van der Waals surface area contributed by atoms with Crippen LogP contribution in [0.25, 0.3) is 0 Å². The zero-order chi connectivity index (χ0) is 15.8. The molecule has 0 saturated carbocycles. The van der Waals surface area contributed by atoms with Gasteiger partial charge in [0.25, 0.3) is 0 Å². The van der Waals surface area contributed by atoms with Gasteiger partial charge in [-0.15, -0.1) is 0 Å². The molecule has 2 heterocycles. The van der Waals surface area contributed by atoms with Gasteiger partial charge in [0.1, 0.15) is 5.76 Å². The van der Waals surface area contributed by atoms with Crippen LogP contribution in [0, 0.1) is 29.1 Å². The summed E-state index contributed by atoms with van der Waals surface area (Å²) in [5, 5.41) is 0. The van der Waals surface area contributed by atoms with Crippen molar-refractivity contribution in [2.75, 3.05) is 26.3 Å². The molecule has 1 fully saturated rings. The van der Waals surface area contributed by atoms with Gasteiger partial charge in [-0.1, -0.05) is 18.1 Å². The minimum Gasteiger partial charge on any atom is -0.451 e. The molecule has 2 rings (SSSR count). The Hall–Kier alpha value is -1.94. The van der Waals surface area contributed by atoms with Gasteiger partial charge >= 0.3 is 0 Å². The van der Waals surface area contributed by atoms with Crippen LogP contribution in [-0.2, 0) is 11.3 Å². The molecule has 0 atom stereocenters. The number of hydrogen-bond acceptors (Lipinski definition) is 3. The number of furan rings is 1. The van der Waals surface area contributed by atoms with E-state index in [1.807, 2.05) is 25.1 Å². The van der Waals surface area contributed by atoms with Crippen molar-refractivity contribution in [3.05, 3.63) is 35.8 Å². The normalized spacial score (nSPS) is 16.0. The molecular weight excluding hydrogens is 274 g/mol. The number of allylic oxidation sites excluding steroid dienone is 2. The average Bonchev–Trinajstić information content (AvgIpc) is 2.92. The number of hydrogen-bond donors (Lipinski definition) is 0. The maximum Gasteiger partial charge on any atom is 0.178 e. The van der Waals surface area contributed by atoms with E-state index < -0.39 is 0 Å². The molecule has 116 valence electrons. The minimum atomic E-state index is -0.145. The number of nitrogens with zero attached hydrogens (tertiary/aromatic N) is 1. The standard InChI is InChI=1S/C19H23NO2/c1-4-10-19(2,3)11-6-5-7-17-8-9-18(22-17)16-20-12-14-21-15-13-20/h4,8-10H,12-16H2,1-3H3/b10-4-. The molecule has 3 heteroatoms. The van der Waals surface area contributed by atoms with Gasteiger partial charge in [0.2, 0.25) is 0 Å². The van der Waals surface area contributed by atoms with E-state index in [0.717, 1.165) is 38.6 Å². The monoisotopic (exact) mass is 297 g/mol. The van der Waals surface area contributed by atoms with Crippen LogP contribution in [0.5, 0.6) is 0 Å². The first-order valence-electron chi connectivity index (χ1n) is 7.65. The zero-order valence-corrected chi connectivity index (χ0v) is 13.6. The third-order valence-corrected chi connectivity index (χ3v) is 3.36. The fourth-order valence-corrected chi connectivity index (χ4v) is 2.25. The van der Waals surface area contributed by atoms with Gasteiger partial charge in [-0.2, -0.15) is 0 Å². The summed E-state index contributed by atoms with van der Waals surface area (Å²) >= 11 is 0. The van der Waals surface area contributed by atoms with Crippen LogP contribution in [0.15, 0.2) is 28.7 Å². The number of rotatable bonds is 3. The summed E-state index contributed by atoms with van der Waals surface area (Å²) in [5.41, 5.74) is -0.145. The molecule has 0 unspecified atom stereocenters. The SMILES string of the molecule is C/C=C\C(C)(C)C#CC#Cc1ccc(CN2CCOCC2)o1.